The fourth-order valence-corrected chi connectivity index (χ4v) is 1.56. The number of hydrogen-bond donors (Lipinski definition) is 1. The minimum atomic E-state index is 0.487. The van der Waals surface area contributed by atoms with Crippen LogP contribution in [0.3, 0.4) is 0 Å². The highest BCUT2D eigenvalue weighted by Gasteiger charge is 1.98. The Balaban J connectivity index is 2.02. The fraction of sp³-hybridized carbons (Fsp3) is 0.0833. The van der Waals surface area contributed by atoms with Crippen molar-refractivity contribution in [3.63, 3.8) is 0 Å². The van der Waals surface area contributed by atoms with E-state index in [1.165, 1.54) is 0 Å². The van der Waals surface area contributed by atoms with E-state index in [4.69, 9.17) is 27.6 Å². The van der Waals surface area contributed by atoms with E-state index in [1.54, 1.807) is 24.4 Å². The molecular weight excluding hydrogens is 259 g/mol. The number of halogens is 2. The maximum absolute atomic E-state index is 5.87. The van der Waals surface area contributed by atoms with Crippen LogP contribution in [0.5, 0.6) is 0 Å². The number of anilines is 1. The Morgan fingerprint density at radius 2 is 2.00 bits per heavy atom. The zero-order valence-electron chi connectivity index (χ0n) is 9.08. The molecule has 0 radical (unpaired) electrons. The number of rotatable bonds is 3. The maximum atomic E-state index is 5.87. The summed E-state index contributed by atoms with van der Waals surface area (Å²) in [4.78, 5) is 0. The molecule has 3 nitrogen and oxygen atoms in total. The molecule has 0 bridgehead atoms. The number of hydrazone groups is 1. The lowest BCUT2D eigenvalue weighted by atomic mass is 10.3. The van der Waals surface area contributed by atoms with Gasteiger partial charge in [-0.1, -0.05) is 23.2 Å². The summed E-state index contributed by atoms with van der Waals surface area (Å²) in [6.07, 6.45) is 1.59. The van der Waals surface area contributed by atoms with Crippen LogP contribution in [0.1, 0.15) is 11.5 Å². The van der Waals surface area contributed by atoms with Crippen LogP contribution in [0.2, 0.25) is 10.0 Å². The molecule has 1 heterocycles. The minimum Gasteiger partial charge on any atom is -0.460 e. The lowest BCUT2D eigenvalue weighted by Crippen LogP contribution is -1.89. The molecule has 88 valence electrons. The van der Waals surface area contributed by atoms with Crippen molar-refractivity contribution in [1.82, 2.24) is 0 Å². The Labute approximate surface area is 109 Å². The van der Waals surface area contributed by atoms with Crippen LogP contribution in [0, 0.1) is 6.92 Å². The molecule has 0 atom stereocenters. The second kappa shape index (κ2) is 5.25. The monoisotopic (exact) mass is 268 g/mol. The van der Waals surface area contributed by atoms with Gasteiger partial charge >= 0.3 is 0 Å². The fourth-order valence-electron chi connectivity index (χ4n) is 1.26. The molecule has 1 aromatic carbocycles. The van der Waals surface area contributed by atoms with Crippen LogP contribution in [0.15, 0.2) is 39.9 Å². The summed E-state index contributed by atoms with van der Waals surface area (Å²) < 4.78 is 5.33. The summed E-state index contributed by atoms with van der Waals surface area (Å²) in [5.41, 5.74) is 3.60. The molecule has 0 saturated heterocycles. The van der Waals surface area contributed by atoms with Crippen molar-refractivity contribution in [2.45, 2.75) is 6.92 Å². The van der Waals surface area contributed by atoms with Gasteiger partial charge in [0.2, 0.25) is 0 Å². The van der Waals surface area contributed by atoms with E-state index in [1.807, 2.05) is 19.1 Å². The normalized spacial score (nSPS) is 11.0. The largest absolute Gasteiger partial charge is 0.460 e. The van der Waals surface area contributed by atoms with Gasteiger partial charge in [0.15, 0.2) is 0 Å². The van der Waals surface area contributed by atoms with Gasteiger partial charge in [0.25, 0.3) is 0 Å². The number of hydrogen-bond acceptors (Lipinski definition) is 3. The van der Waals surface area contributed by atoms with Gasteiger partial charge in [0.1, 0.15) is 11.5 Å². The highest BCUT2D eigenvalue weighted by Crippen LogP contribution is 2.24. The first kappa shape index (κ1) is 12.0. The molecule has 0 spiro atoms. The zero-order chi connectivity index (χ0) is 12.3. The van der Waals surface area contributed by atoms with Gasteiger partial charge in [0, 0.05) is 0 Å². The smallest absolute Gasteiger partial charge is 0.147 e. The molecule has 0 aliphatic heterocycles. The summed E-state index contributed by atoms with van der Waals surface area (Å²) in [6, 6.07) is 8.92. The van der Waals surface area contributed by atoms with Crippen LogP contribution < -0.4 is 5.43 Å². The predicted octanol–water partition coefficient (Wildman–Crippen LogP) is 4.34. The molecule has 1 aromatic heterocycles. The molecule has 2 rings (SSSR count). The SMILES string of the molecule is Cc1ccc(/C=N/Nc2ccc(Cl)c(Cl)c2)o1. The average Bonchev–Trinajstić information content (AvgIpc) is 2.70. The number of nitrogens with zero attached hydrogens (tertiary/aromatic N) is 1. The van der Waals surface area contributed by atoms with Crippen LogP contribution >= 0.6 is 23.2 Å². The standard InChI is InChI=1S/C12H10Cl2N2O/c1-8-2-4-10(17-8)7-15-16-9-3-5-11(13)12(14)6-9/h2-7,16H,1H3/b15-7+. The zero-order valence-corrected chi connectivity index (χ0v) is 10.6. The third-order valence-corrected chi connectivity index (χ3v) is 2.81. The van der Waals surface area contributed by atoms with E-state index in [0.717, 1.165) is 11.4 Å². The van der Waals surface area contributed by atoms with E-state index >= 15 is 0 Å². The number of benzene rings is 1. The number of nitrogens with one attached hydrogen (secondary N) is 1. The second-order valence-corrected chi connectivity index (χ2v) is 4.26. The van der Waals surface area contributed by atoms with Crippen LogP contribution in [0.25, 0.3) is 0 Å². The van der Waals surface area contributed by atoms with Gasteiger partial charge in [-0.2, -0.15) is 5.10 Å². The average molecular weight is 269 g/mol. The molecule has 0 fully saturated rings. The van der Waals surface area contributed by atoms with Crippen molar-refractivity contribution in [3.05, 3.63) is 51.9 Å². The van der Waals surface area contributed by atoms with E-state index in [0.29, 0.717) is 15.8 Å². The molecule has 0 aliphatic rings. The summed E-state index contributed by atoms with van der Waals surface area (Å²) >= 11 is 11.7. The van der Waals surface area contributed by atoms with E-state index in [-0.39, 0.29) is 0 Å². The van der Waals surface area contributed by atoms with Gasteiger partial charge < -0.3 is 4.42 Å². The number of furan rings is 1. The van der Waals surface area contributed by atoms with Crippen LogP contribution in [0.4, 0.5) is 5.69 Å². The summed E-state index contributed by atoms with van der Waals surface area (Å²) in [7, 11) is 0. The Morgan fingerprint density at radius 3 is 2.65 bits per heavy atom. The van der Waals surface area contributed by atoms with E-state index < -0.39 is 0 Å². The van der Waals surface area contributed by atoms with Gasteiger partial charge in [-0.05, 0) is 37.3 Å². The first-order chi connectivity index (χ1) is 8.15. The van der Waals surface area contributed by atoms with Crippen molar-refractivity contribution in [3.8, 4) is 0 Å². The Bertz CT molecular complexity index is 549. The Morgan fingerprint density at radius 1 is 1.18 bits per heavy atom. The summed E-state index contributed by atoms with van der Waals surface area (Å²) in [6.45, 7) is 1.88. The molecule has 0 saturated carbocycles. The summed E-state index contributed by atoms with van der Waals surface area (Å²) in [5, 5.41) is 5.03. The third-order valence-electron chi connectivity index (χ3n) is 2.07. The summed E-state index contributed by atoms with van der Waals surface area (Å²) in [5.74, 6) is 1.54. The van der Waals surface area contributed by atoms with Crippen molar-refractivity contribution in [1.29, 1.82) is 0 Å². The first-order valence-electron chi connectivity index (χ1n) is 4.96. The molecule has 0 aliphatic carbocycles. The van der Waals surface area contributed by atoms with Crippen molar-refractivity contribution in [2.75, 3.05) is 5.43 Å². The molecule has 0 amide bonds. The van der Waals surface area contributed by atoms with Crippen LogP contribution in [-0.4, -0.2) is 6.21 Å². The molecule has 1 N–H and O–H groups in total. The maximum Gasteiger partial charge on any atom is 0.147 e. The van der Waals surface area contributed by atoms with Crippen molar-refractivity contribution < 1.29 is 4.42 Å². The lowest BCUT2D eigenvalue weighted by Gasteiger charge is -2.01. The second-order valence-electron chi connectivity index (χ2n) is 3.45. The van der Waals surface area contributed by atoms with Crippen molar-refractivity contribution in [2.24, 2.45) is 5.10 Å². The Kier molecular flexibility index (Phi) is 3.71. The third kappa shape index (κ3) is 3.25. The minimum absolute atomic E-state index is 0.487. The molecule has 5 heteroatoms. The molecule has 17 heavy (non-hydrogen) atoms. The molecule has 0 unspecified atom stereocenters. The highest BCUT2D eigenvalue weighted by atomic mass is 35.5. The van der Waals surface area contributed by atoms with Crippen LogP contribution in [-0.2, 0) is 0 Å². The van der Waals surface area contributed by atoms with Gasteiger partial charge in [-0.3, -0.25) is 5.43 Å². The quantitative estimate of drug-likeness (QED) is 0.664. The van der Waals surface area contributed by atoms with Gasteiger partial charge in [-0.25, -0.2) is 0 Å². The van der Waals surface area contributed by atoms with E-state index in [2.05, 4.69) is 10.5 Å². The number of aryl methyl sites for hydroxylation is 1. The van der Waals surface area contributed by atoms with Crippen molar-refractivity contribution >= 4 is 35.1 Å². The highest BCUT2D eigenvalue weighted by molar-refractivity contribution is 6.42. The first-order valence-corrected chi connectivity index (χ1v) is 5.71. The predicted molar refractivity (Wildman–Crippen MR) is 71.1 cm³/mol. The molecule has 2 aromatic rings. The van der Waals surface area contributed by atoms with E-state index in [9.17, 15) is 0 Å². The Hall–Kier alpha value is -1.45. The topological polar surface area (TPSA) is 37.5 Å². The van der Waals surface area contributed by atoms with Gasteiger partial charge in [-0.15, -0.1) is 0 Å². The lowest BCUT2D eigenvalue weighted by molar-refractivity contribution is 0.528. The molecular formula is C12H10Cl2N2O. The van der Waals surface area contributed by atoms with Gasteiger partial charge in [0.05, 0.1) is 21.9 Å².